The van der Waals surface area contributed by atoms with E-state index in [1.54, 1.807) is 6.92 Å². The summed E-state index contributed by atoms with van der Waals surface area (Å²) in [5.74, 6) is -0.651. The second-order valence-corrected chi connectivity index (χ2v) is 8.70. The van der Waals surface area contributed by atoms with Crippen molar-refractivity contribution >= 4 is 32.9 Å². The van der Waals surface area contributed by atoms with Gasteiger partial charge in [-0.15, -0.1) is 0 Å². The zero-order chi connectivity index (χ0) is 20.8. The summed E-state index contributed by atoms with van der Waals surface area (Å²) in [6.45, 7) is 1.57. The Labute approximate surface area is 165 Å². The van der Waals surface area contributed by atoms with E-state index >= 15 is 0 Å². The lowest BCUT2D eigenvalue weighted by Crippen LogP contribution is -2.21. The maximum absolute atomic E-state index is 13.0. The lowest BCUT2D eigenvalue weighted by molar-refractivity contribution is 0.103. The molecule has 0 bridgehead atoms. The number of hydrogen-bond donors (Lipinski definition) is 1. The van der Waals surface area contributed by atoms with Crippen LogP contribution in [0.1, 0.15) is 33.6 Å². The minimum Gasteiger partial charge on any atom is -0.376 e. The molecule has 0 amide bonds. The van der Waals surface area contributed by atoms with Gasteiger partial charge in [-0.25, -0.2) is 8.42 Å². The summed E-state index contributed by atoms with van der Waals surface area (Å²) in [5.41, 5.74) is -0.177. The Kier molecular flexibility index (Phi) is 4.91. The van der Waals surface area contributed by atoms with Gasteiger partial charge >= 0.3 is 0 Å². The molecule has 0 saturated heterocycles. The van der Waals surface area contributed by atoms with Gasteiger partial charge < -0.3 is 4.84 Å². The van der Waals surface area contributed by atoms with Crippen molar-refractivity contribution in [2.24, 2.45) is 12.2 Å². The Morgan fingerprint density at radius 3 is 2.64 bits per heavy atom. The van der Waals surface area contributed by atoms with Gasteiger partial charge in [-0.1, -0.05) is 16.8 Å². The first-order valence-corrected chi connectivity index (χ1v) is 10.3. The quantitative estimate of drug-likeness (QED) is 0.738. The fraction of sp³-hybridized carbons (Fsp3) is 0.294. The molecule has 0 aliphatic carbocycles. The van der Waals surface area contributed by atoms with Crippen LogP contribution in [-0.2, 0) is 21.7 Å². The fourth-order valence-corrected chi connectivity index (χ4v) is 4.32. The fourth-order valence-electron chi connectivity index (χ4n) is 2.99. The van der Waals surface area contributed by atoms with Gasteiger partial charge in [0.05, 0.1) is 15.6 Å². The SMILES string of the molecule is Cc1[nH]n(C)c(=O)c1C(=O)c1ccc(S(C)(=O)=O)c(C2=NOC(C#N)C2)c1Cl. The van der Waals surface area contributed by atoms with E-state index in [2.05, 4.69) is 10.3 Å². The smallest absolute Gasteiger partial charge is 0.277 e. The van der Waals surface area contributed by atoms with E-state index in [1.807, 2.05) is 6.07 Å². The molecule has 1 aliphatic rings. The summed E-state index contributed by atoms with van der Waals surface area (Å²) in [4.78, 5) is 30.0. The molecule has 1 aromatic heterocycles. The van der Waals surface area contributed by atoms with Crippen molar-refractivity contribution in [1.29, 1.82) is 5.26 Å². The van der Waals surface area contributed by atoms with Gasteiger partial charge in [0, 0.05) is 36.5 Å². The molecule has 9 nitrogen and oxygen atoms in total. The Balaban J connectivity index is 2.23. The number of ketones is 1. The largest absolute Gasteiger partial charge is 0.376 e. The van der Waals surface area contributed by atoms with Crippen molar-refractivity contribution in [1.82, 2.24) is 9.78 Å². The molecule has 28 heavy (non-hydrogen) atoms. The maximum atomic E-state index is 13.0. The van der Waals surface area contributed by atoms with Gasteiger partial charge in [-0.3, -0.25) is 19.4 Å². The van der Waals surface area contributed by atoms with Crippen molar-refractivity contribution in [3.8, 4) is 6.07 Å². The highest BCUT2D eigenvalue weighted by atomic mass is 35.5. The summed E-state index contributed by atoms with van der Waals surface area (Å²) in [6, 6.07) is 4.37. The monoisotopic (exact) mass is 422 g/mol. The Bertz CT molecular complexity index is 1230. The van der Waals surface area contributed by atoms with Crippen LogP contribution in [0.15, 0.2) is 27.0 Å². The molecular formula is C17H15ClN4O5S. The molecule has 146 valence electrons. The van der Waals surface area contributed by atoms with Gasteiger partial charge in [-0.2, -0.15) is 5.26 Å². The van der Waals surface area contributed by atoms with Crippen LogP contribution in [0.5, 0.6) is 0 Å². The van der Waals surface area contributed by atoms with E-state index in [0.29, 0.717) is 5.69 Å². The summed E-state index contributed by atoms with van der Waals surface area (Å²) in [7, 11) is -2.25. The van der Waals surface area contributed by atoms with Crippen LogP contribution in [0.3, 0.4) is 0 Å². The Hall–Kier alpha value is -2.90. The number of sulfone groups is 1. The van der Waals surface area contributed by atoms with Crippen molar-refractivity contribution in [2.75, 3.05) is 6.26 Å². The van der Waals surface area contributed by atoms with Crippen LogP contribution >= 0.6 is 11.6 Å². The highest BCUT2D eigenvalue weighted by Gasteiger charge is 2.31. The first-order valence-electron chi connectivity index (χ1n) is 8.01. The third-order valence-electron chi connectivity index (χ3n) is 4.31. The van der Waals surface area contributed by atoms with E-state index in [0.717, 1.165) is 10.9 Å². The molecule has 11 heteroatoms. The minimum absolute atomic E-state index is 0.00206. The lowest BCUT2D eigenvalue weighted by atomic mass is 9.98. The third-order valence-corrected chi connectivity index (χ3v) is 5.84. The topological polar surface area (TPSA) is 134 Å². The minimum atomic E-state index is -3.72. The second-order valence-electron chi connectivity index (χ2n) is 6.34. The second kappa shape index (κ2) is 6.92. The van der Waals surface area contributed by atoms with Crippen molar-refractivity contribution in [3.63, 3.8) is 0 Å². The average Bonchev–Trinajstić information content (AvgIpc) is 3.18. The number of carbonyl (C=O) groups excluding carboxylic acids is 1. The molecule has 0 saturated carbocycles. The number of benzene rings is 1. The Morgan fingerprint density at radius 2 is 2.14 bits per heavy atom. The van der Waals surface area contributed by atoms with Crippen molar-refractivity contribution in [3.05, 3.63) is 49.9 Å². The van der Waals surface area contributed by atoms with Crippen LogP contribution in [0.2, 0.25) is 5.02 Å². The number of nitrogens with zero attached hydrogens (tertiary/aromatic N) is 3. The van der Waals surface area contributed by atoms with Crippen LogP contribution < -0.4 is 5.56 Å². The molecule has 0 spiro atoms. The average molecular weight is 423 g/mol. The summed E-state index contributed by atoms with van der Waals surface area (Å²) in [6.07, 6.45) is 0.131. The molecule has 1 aromatic carbocycles. The summed E-state index contributed by atoms with van der Waals surface area (Å²) < 4.78 is 25.6. The number of hydrogen-bond acceptors (Lipinski definition) is 7. The van der Waals surface area contributed by atoms with Gasteiger partial charge in [0.15, 0.2) is 9.84 Å². The number of rotatable bonds is 4. The predicted molar refractivity (Wildman–Crippen MR) is 100 cm³/mol. The van der Waals surface area contributed by atoms with Crippen molar-refractivity contribution < 1.29 is 18.0 Å². The van der Waals surface area contributed by atoms with E-state index < -0.39 is 27.3 Å². The number of carbonyl (C=O) groups is 1. The molecule has 1 atom stereocenters. The number of aryl methyl sites for hydroxylation is 2. The number of H-pyrrole nitrogens is 1. The molecule has 2 heterocycles. The number of aromatic nitrogens is 2. The van der Waals surface area contributed by atoms with Crippen LogP contribution in [0.4, 0.5) is 0 Å². The Morgan fingerprint density at radius 1 is 1.46 bits per heavy atom. The number of nitrogens with one attached hydrogen (secondary N) is 1. The number of halogens is 1. The summed E-state index contributed by atoms with van der Waals surface area (Å²) in [5, 5.41) is 15.3. The van der Waals surface area contributed by atoms with E-state index in [1.165, 1.54) is 19.2 Å². The highest BCUT2D eigenvalue weighted by Crippen LogP contribution is 2.33. The highest BCUT2D eigenvalue weighted by molar-refractivity contribution is 7.90. The lowest BCUT2D eigenvalue weighted by Gasteiger charge is -2.12. The van der Waals surface area contributed by atoms with Crippen LogP contribution in [0, 0.1) is 18.3 Å². The number of aromatic amines is 1. The maximum Gasteiger partial charge on any atom is 0.277 e. The first-order chi connectivity index (χ1) is 13.1. The molecule has 0 radical (unpaired) electrons. The third kappa shape index (κ3) is 3.23. The predicted octanol–water partition coefficient (Wildman–Crippen LogP) is 1.33. The standard InChI is InChI=1S/C17H15ClN4O5S/c1-8-13(17(24)22(2)20-8)16(23)10-4-5-12(28(3,25)26)14(15(10)18)11-6-9(7-19)27-21-11/h4-5,9,20H,6H2,1-3H3. The van der Waals surface area contributed by atoms with Crippen molar-refractivity contribution in [2.45, 2.75) is 24.3 Å². The zero-order valence-corrected chi connectivity index (χ0v) is 16.7. The zero-order valence-electron chi connectivity index (χ0n) is 15.1. The molecule has 1 aliphatic heterocycles. The van der Waals surface area contributed by atoms with Gasteiger partial charge in [-0.05, 0) is 19.1 Å². The normalized spacial score (nSPS) is 16.4. The molecule has 2 aromatic rings. The van der Waals surface area contributed by atoms with Crippen LogP contribution in [0.25, 0.3) is 0 Å². The summed E-state index contributed by atoms with van der Waals surface area (Å²) >= 11 is 6.42. The van der Waals surface area contributed by atoms with E-state index in [-0.39, 0.29) is 38.7 Å². The van der Waals surface area contributed by atoms with E-state index in [4.69, 9.17) is 21.7 Å². The number of nitriles is 1. The van der Waals surface area contributed by atoms with E-state index in [9.17, 15) is 18.0 Å². The molecule has 1 unspecified atom stereocenters. The molecule has 3 rings (SSSR count). The van der Waals surface area contributed by atoms with Gasteiger partial charge in [0.25, 0.3) is 5.56 Å². The molecule has 1 N–H and O–H groups in total. The number of oxime groups is 1. The molecular weight excluding hydrogens is 408 g/mol. The molecule has 0 fully saturated rings. The first kappa shape index (κ1) is 19.9. The van der Waals surface area contributed by atoms with Gasteiger partial charge in [0.1, 0.15) is 11.6 Å². The van der Waals surface area contributed by atoms with Gasteiger partial charge in [0.2, 0.25) is 11.9 Å². The van der Waals surface area contributed by atoms with Crippen LogP contribution in [-0.4, -0.2) is 42.1 Å².